The summed E-state index contributed by atoms with van der Waals surface area (Å²) < 4.78 is 38.0. The number of fused-ring (bicyclic) bond motifs is 2. The molecule has 1 aromatic heterocycles. The third-order valence-corrected chi connectivity index (χ3v) is 5.86. The zero-order valence-electron chi connectivity index (χ0n) is 13.5. The van der Waals surface area contributed by atoms with Gasteiger partial charge in [0.15, 0.2) is 5.69 Å². The van der Waals surface area contributed by atoms with E-state index in [9.17, 15) is 18.0 Å². The van der Waals surface area contributed by atoms with Crippen LogP contribution in [0.4, 0.5) is 13.2 Å². The summed E-state index contributed by atoms with van der Waals surface area (Å²) in [6.45, 7) is 1.84. The van der Waals surface area contributed by atoms with Crippen molar-refractivity contribution in [2.75, 3.05) is 0 Å². The maximum Gasteiger partial charge on any atom is 0.434 e. The lowest BCUT2D eigenvalue weighted by Crippen LogP contribution is -2.40. The van der Waals surface area contributed by atoms with Gasteiger partial charge in [-0.25, -0.2) is 4.98 Å². The van der Waals surface area contributed by atoms with Crippen molar-refractivity contribution in [1.29, 1.82) is 0 Å². The second-order valence-electron chi connectivity index (χ2n) is 6.78. The molecule has 3 unspecified atom stereocenters. The van der Waals surface area contributed by atoms with E-state index in [0.29, 0.717) is 35.9 Å². The predicted molar refractivity (Wildman–Crippen MR) is 85.6 cm³/mol. The van der Waals surface area contributed by atoms with Crippen LogP contribution in [-0.4, -0.2) is 23.0 Å². The highest BCUT2D eigenvalue weighted by Gasteiger charge is 2.36. The Morgan fingerprint density at radius 3 is 2.62 bits per heavy atom. The van der Waals surface area contributed by atoms with Gasteiger partial charge in [-0.1, -0.05) is 6.92 Å². The SMILES string of the molecule is CCC(NC(=O)CC1CC2CCC(C1)N2)c1nc(C(F)(F)F)cs1. The molecule has 1 amide bonds. The minimum atomic E-state index is -4.44. The lowest BCUT2D eigenvalue weighted by atomic mass is 9.89. The van der Waals surface area contributed by atoms with E-state index in [1.165, 1.54) is 12.8 Å². The minimum Gasteiger partial charge on any atom is -0.347 e. The average molecular weight is 361 g/mol. The van der Waals surface area contributed by atoms with Gasteiger partial charge >= 0.3 is 6.18 Å². The number of carbonyl (C=O) groups excluding carboxylic acids is 1. The van der Waals surface area contributed by atoms with Gasteiger partial charge in [0, 0.05) is 23.9 Å². The van der Waals surface area contributed by atoms with Gasteiger partial charge < -0.3 is 10.6 Å². The molecule has 4 nitrogen and oxygen atoms in total. The Hall–Kier alpha value is -1.15. The molecule has 3 atom stereocenters. The molecule has 3 rings (SSSR count). The van der Waals surface area contributed by atoms with Crippen LogP contribution in [0.25, 0.3) is 0 Å². The van der Waals surface area contributed by atoms with E-state index in [-0.39, 0.29) is 5.91 Å². The maximum absolute atomic E-state index is 12.7. The second-order valence-corrected chi connectivity index (χ2v) is 7.67. The molecular formula is C16H22F3N3OS. The van der Waals surface area contributed by atoms with Crippen molar-refractivity contribution in [3.63, 3.8) is 0 Å². The number of alkyl halides is 3. The molecule has 0 aliphatic carbocycles. The van der Waals surface area contributed by atoms with Crippen molar-refractivity contribution in [1.82, 2.24) is 15.6 Å². The Balaban J connectivity index is 1.56. The van der Waals surface area contributed by atoms with Gasteiger partial charge in [-0.05, 0) is 38.0 Å². The molecule has 0 spiro atoms. The minimum absolute atomic E-state index is 0.0862. The number of hydrogen-bond donors (Lipinski definition) is 2. The van der Waals surface area contributed by atoms with E-state index < -0.39 is 17.9 Å². The number of thiazole rings is 1. The molecule has 134 valence electrons. The van der Waals surface area contributed by atoms with Crippen molar-refractivity contribution in [2.45, 2.75) is 69.8 Å². The molecule has 8 heteroatoms. The molecule has 0 aromatic carbocycles. The van der Waals surface area contributed by atoms with Gasteiger partial charge in [0.2, 0.25) is 5.91 Å². The number of aromatic nitrogens is 1. The fourth-order valence-electron chi connectivity index (χ4n) is 3.77. The summed E-state index contributed by atoms with van der Waals surface area (Å²) in [4.78, 5) is 16.0. The van der Waals surface area contributed by atoms with E-state index >= 15 is 0 Å². The van der Waals surface area contributed by atoms with Crippen LogP contribution in [0.15, 0.2) is 5.38 Å². The first-order valence-electron chi connectivity index (χ1n) is 8.43. The van der Waals surface area contributed by atoms with E-state index in [0.717, 1.165) is 29.6 Å². The number of halogens is 3. The fourth-order valence-corrected chi connectivity index (χ4v) is 4.73. The van der Waals surface area contributed by atoms with Crippen molar-refractivity contribution >= 4 is 17.2 Å². The van der Waals surface area contributed by atoms with E-state index in [2.05, 4.69) is 15.6 Å². The average Bonchev–Trinajstić information content (AvgIpc) is 3.11. The second kappa shape index (κ2) is 7.00. The van der Waals surface area contributed by atoms with Crippen molar-refractivity contribution in [2.24, 2.45) is 5.92 Å². The third kappa shape index (κ3) is 4.08. The van der Waals surface area contributed by atoms with Crippen LogP contribution in [0, 0.1) is 5.92 Å². The molecule has 1 aromatic rings. The highest BCUT2D eigenvalue weighted by atomic mass is 32.1. The molecule has 3 heterocycles. The Bertz CT molecular complexity index is 577. The monoisotopic (exact) mass is 361 g/mol. The summed E-state index contributed by atoms with van der Waals surface area (Å²) in [5, 5.41) is 7.74. The smallest absolute Gasteiger partial charge is 0.347 e. The van der Waals surface area contributed by atoms with E-state index in [1.807, 2.05) is 6.92 Å². The Labute approximate surface area is 143 Å². The molecule has 2 aliphatic heterocycles. The van der Waals surface area contributed by atoms with Gasteiger partial charge in [0.05, 0.1) is 6.04 Å². The number of piperidine rings is 1. The number of carbonyl (C=O) groups is 1. The van der Waals surface area contributed by atoms with Crippen LogP contribution in [0.3, 0.4) is 0 Å². The van der Waals surface area contributed by atoms with Crippen LogP contribution in [0.1, 0.15) is 62.2 Å². The molecule has 2 bridgehead atoms. The lowest BCUT2D eigenvalue weighted by Gasteiger charge is -2.29. The lowest BCUT2D eigenvalue weighted by molar-refractivity contribution is -0.140. The third-order valence-electron chi connectivity index (χ3n) is 4.90. The summed E-state index contributed by atoms with van der Waals surface area (Å²) >= 11 is 0.952. The highest BCUT2D eigenvalue weighted by molar-refractivity contribution is 7.09. The van der Waals surface area contributed by atoms with Gasteiger partial charge in [-0.15, -0.1) is 11.3 Å². The topological polar surface area (TPSA) is 54.0 Å². The zero-order chi connectivity index (χ0) is 17.3. The number of rotatable bonds is 5. The molecule has 0 radical (unpaired) electrons. The molecule has 2 aliphatic rings. The molecule has 2 fully saturated rings. The van der Waals surface area contributed by atoms with Crippen LogP contribution in [-0.2, 0) is 11.0 Å². The number of hydrogen-bond acceptors (Lipinski definition) is 4. The zero-order valence-corrected chi connectivity index (χ0v) is 14.3. The number of nitrogens with one attached hydrogen (secondary N) is 2. The Morgan fingerprint density at radius 2 is 2.08 bits per heavy atom. The van der Waals surface area contributed by atoms with Gasteiger partial charge in [-0.3, -0.25) is 4.79 Å². The molecular weight excluding hydrogens is 339 g/mol. The van der Waals surface area contributed by atoms with Crippen LogP contribution in [0.2, 0.25) is 0 Å². The molecule has 2 N–H and O–H groups in total. The summed E-state index contributed by atoms with van der Waals surface area (Å²) in [7, 11) is 0. The van der Waals surface area contributed by atoms with E-state index in [1.54, 1.807) is 0 Å². The van der Waals surface area contributed by atoms with Crippen molar-refractivity contribution in [3.05, 3.63) is 16.1 Å². The van der Waals surface area contributed by atoms with Crippen molar-refractivity contribution < 1.29 is 18.0 Å². The molecule has 2 saturated heterocycles. The quantitative estimate of drug-likeness (QED) is 0.842. The van der Waals surface area contributed by atoms with Crippen LogP contribution in [0.5, 0.6) is 0 Å². The Morgan fingerprint density at radius 1 is 1.42 bits per heavy atom. The fraction of sp³-hybridized carbons (Fsp3) is 0.750. The predicted octanol–water partition coefficient (Wildman–Crippen LogP) is 3.65. The molecule has 0 saturated carbocycles. The van der Waals surface area contributed by atoms with Crippen LogP contribution >= 0.6 is 11.3 Å². The van der Waals surface area contributed by atoms with Gasteiger partial charge in [-0.2, -0.15) is 13.2 Å². The maximum atomic E-state index is 12.7. The number of amides is 1. The number of nitrogens with zero attached hydrogens (tertiary/aromatic N) is 1. The van der Waals surface area contributed by atoms with Gasteiger partial charge in [0.1, 0.15) is 5.01 Å². The summed E-state index contributed by atoms with van der Waals surface area (Å²) in [5.41, 5.74) is -0.884. The van der Waals surface area contributed by atoms with Gasteiger partial charge in [0.25, 0.3) is 0 Å². The normalized spacial score (nSPS) is 27.9. The Kier molecular flexibility index (Phi) is 5.15. The van der Waals surface area contributed by atoms with Crippen molar-refractivity contribution in [3.8, 4) is 0 Å². The highest BCUT2D eigenvalue weighted by Crippen LogP contribution is 2.34. The first-order valence-corrected chi connectivity index (χ1v) is 9.31. The first-order chi connectivity index (χ1) is 11.3. The van der Waals surface area contributed by atoms with E-state index in [4.69, 9.17) is 0 Å². The summed E-state index contributed by atoms with van der Waals surface area (Å²) in [5.74, 6) is 0.278. The summed E-state index contributed by atoms with van der Waals surface area (Å²) in [6, 6.07) is 0.602. The first kappa shape index (κ1) is 17.7. The van der Waals surface area contributed by atoms with Crippen LogP contribution < -0.4 is 10.6 Å². The standard InChI is InChI=1S/C16H22F3N3OS/c1-2-12(15-22-13(8-24-15)16(17,18)19)21-14(23)7-9-5-10-3-4-11(6-9)20-10/h8-12,20H,2-7H2,1H3,(H,21,23). The molecule has 24 heavy (non-hydrogen) atoms. The largest absolute Gasteiger partial charge is 0.434 e. The summed E-state index contributed by atoms with van der Waals surface area (Å²) in [6.07, 6.45) is 0.911.